The van der Waals surface area contributed by atoms with Crippen LogP contribution >= 0.6 is 0 Å². The highest BCUT2D eigenvalue weighted by atomic mass is 16.5. The second-order valence-corrected chi connectivity index (χ2v) is 4.55. The van der Waals surface area contributed by atoms with Gasteiger partial charge in [0.2, 0.25) is 0 Å². The Kier molecular flexibility index (Phi) is 2.14. The number of hydrogen-bond donors (Lipinski definition) is 2. The maximum absolute atomic E-state index is 6.13. The van der Waals surface area contributed by atoms with Gasteiger partial charge in [-0.05, 0) is 37.4 Å². The molecule has 1 saturated heterocycles. The lowest BCUT2D eigenvalue weighted by atomic mass is 9.89. The molecule has 1 aromatic carbocycles. The molecule has 0 radical (unpaired) electrons. The van der Waals surface area contributed by atoms with Gasteiger partial charge in [-0.1, -0.05) is 6.08 Å². The first-order chi connectivity index (χ1) is 7.77. The van der Waals surface area contributed by atoms with Gasteiger partial charge in [0.1, 0.15) is 11.4 Å². The molecule has 3 rings (SSSR count). The zero-order chi connectivity index (χ0) is 11.0. The topological polar surface area (TPSA) is 47.3 Å². The molecule has 2 aliphatic heterocycles. The molecule has 3 nitrogen and oxygen atoms in total. The van der Waals surface area contributed by atoms with Crippen molar-refractivity contribution < 1.29 is 4.74 Å². The van der Waals surface area contributed by atoms with Crippen LogP contribution in [0.15, 0.2) is 24.3 Å². The molecule has 0 aromatic heterocycles. The lowest BCUT2D eigenvalue weighted by Gasteiger charge is -2.38. The van der Waals surface area contributed by atoms with Gasteiger partial charge < -0.3 is 15.8 Å². The molecule has 2 heterocycles. The van der Waals surface area contributed by atoms with Crippen LogP contribution in [0.4, 0.5) is 5.69 Å². The second-order valence-electron chi connectivity index (χ2n) is 4.55. The minimum Gasteiger partial charge on any atom is -0.482 e. The third-order valence-corrected chi connectivity index (χ3v) is 3.36. The van der Waals surface area contributed by atoms with E-state index in [1.54, 1.807) is 0 Å². The van der Waals surface area contributed by atoms with Gasteiger partial charge in [0.15, 0.2) is 0 Å². The average molecular weight is 216 g/mol. The first-order valence-corrected chi connectivity index (χ1v) is 5.76. The molecule has 0 unspecified atom stereocenters. The summed E-state index contributed by atoms with van der Waals surface area (Å²) < 4.78 is 6.13. The minimum absolute atomic E-state index is 0.0889. The number of anilines is 1. The summed E-state index contributed by atoms with van der Waals surface area (Å²) in [6, 6.07) is 5.82. The SMILES string of the molecule is Nc1ccc2c(c1)C=CC1(CCNCC1)O2. The van der Waals surface area contributed by atoms with Gasteiger partial charge in [0, 0.05) is 24.1 Å². The van der Waals surface area contributed by atoms with Crippen LogP contribution < -0.4 is 15.8 Å². The van der Waals surface area contributed by atoms with E-state index in [-0.39, 0.29) is 5.60 Å². The standard InChI is InChI=1S/C13H16N2O/c14-11-1-2-12-10(9-11)3-4-13(16-12)5-7-15-8-6-13/h1-4,9,15H,5-8,14H2. The van der Waals surface area contributed by atoms with Crippen molar-refractivity contribution in [1.29, 1.82) is 0 Å². The van der Waals surface area contributed by atoms with Crippen molar-refractivity contribution in [3.05, 3.63) is 29.8 Å². The van der Waals surface area contributed by atoms with Gasteiger partial charge >= 0.3 is 0 Å². The Balaban J connectivity index is 1.94. The predicted octanol–water partition coefficient (Wildman–Crippen LogP) is 1.80. The van der Waals surface area contributed by atoms with Crippen molar-refractivity contribution in [1.82, 2.24) is 5.32 Å². The first kappa shape index (κ1) is 9.73. The number of nitrogen functional groups attached to an aromatic ring is 1. The molecule has 1 fully saturated rings. The van der Waals surface area contributed by atoms with Crippen LogP contribution in [0.5, 0.6) is 5.75 Å². The quantitative estimate of drug-likeness (QED) is 0.650. The van der Waals surface area contributed by atoms with Gasteiger partial charge in [0.05, 0.1) is 0 Å². The van der Waals surface area contributed by atoms with Gasteiger partial charge in [-0.25, -0.2) is 0 Å². The molecule has 1 spiro atoms. The van der Waals surface area contributed by atoms with Crippen LogP contribution in [0, 0.1) is 0 Å². The van der Waals surface area contributed by atoms with E-state index >= 15 is 0 Å². The zero-order valence-electron chi connectivity index (χ0n) is 9.20. The average Bonchev–Trinajstić information content (AvgIpc) is 2.31. The number of hydrogen-bond acceptors (Lipinski definition) is 3. The third-order valence-electron chi connectivity index (χ3n) is 3.36. The lowest BCUT2D eigenvalue weighted by molar-refractivity contribution is 0.0823. The van der Waals surface area contributed by atoms with Crippen LogP contribution in [0.3, 0.4) is 0 Å². The summed E-state index contributed by atoms with van der Waals surface area (Å²) in [5, 5.41) is 3.36. The summed E-state index contributed by atoms with van der Waals surface area (Å²) in [5.74, 6) is 0.957. The number of nitrogens with two attached hydrogens (primary N) is 1. The van der Waals surface area contributed by atoms with Crippen molar-refractivity contribution >= 4 is 11.8 Å². The van der Waals surface area contributed by atoms with Crippen LogP contribution in [-0.4, -0.2) is 18.7 Å². The van der Waals surface area contributed by atoms with Crippen molar-refractivity contribution in [2.75, 3.05) is 18.8 Å². The van der Waals surface area contributed by atoms with Gasteiger partial charge in [-0.15, -0.1) is 0 Å². The Morgan fingerprint density at radius 3 is 2.88 bits per heavy atom. The van der Waals surface area contributed by atoms with E-state index in [2.05, 4.69) is 17.5 Å². The molecule has 2 aliphatic rings. The molecule has 16 heavy (non-hydrogen) atoms. The van der Waals surface area contributed by atoms with E-state index in [0.29, 0.717) is 0 Å². The normalized spacial score (nSPS) is 21.5. The number of ether oxygens (including phenoxy) is 1. The first-order valence-electron chi connectivity index (χ1n) is 5.76. The third kappa shape index (κ3) is 1.57. The molecule has 0 aliphatic carbocycles. The molecule has 0 saturated carbocycles. The highest BCUT2D eigenvalue weighted by Gasteiger charge is 2.34. The largest absolute Gasteiger partial charge is 0.482 e. The van der Waals surface area contributed by atoms with Crippen LogP contribution in [-0.2, 0) is 0 Å². The summed E-state index contributed by atoms with van der Waals surface area (Å²) in [6.45, 7) is 2.04. The Bertz CT molecular complexity index is 434. The van der Waals surface area contributed by atoms with Crippen LogP contribution in [0.1, 0.15) is 18.4 Å². The molecule has 0 bridgehead atoms. The van der Waals surface area contributed by atoms with Crippen molar-refractivity contribution in [2.24, 2.45) is 0 Å². The zero-order valence-corrected chi connectivity index (χ0v) is 9.20. The van der Waals surface area contributed by atoms with E-state index in [0.717, 1.165) is 42.9 Å². The van der Waals surface area contributed by atoms with Crippen LogP contribution in [0.2, 0.25) is 0 Å². The number of rotatable bonds is 0. The van der Waals surface area contributed by atoms with Gasteiger partial charge in [-0.3, -0.25) is 0 Å². The van der Waals surface area contributed by atoms with E-state index in [4.69, 9.17) is 10.5 Å². The summed E-state index contributed by atoms with van der Waals surface area (Å²) in [5.41, 5.74) is 7.54. The van der Waals surface area contributed by atoms with E-state index < -0.39 is 0 Å². The molecular formula is C13H16N2O. The molecule has 0 amide bonds. The Hall–Kier alpha value is -1.48. The molecular weight excluding hydrogens is 200 g/mol. The van der Waals surface area contributed by atoms with E-state index in [1.165, 1.54) is 0 Å². The fourth-order valence-corrected chi connectivity index (χ4v) is 2.40. The highest BCUT2D eigenvalue weighted by Crippen LogP contribution is 2.36. The molecule has 3 N–H and O–H groups in total. The van der Waals surface area contributed by atoms with E-state index in [9.17, 15) is 0 Å². The smallest absolute Gasteiger partial charge is 0.130 e. The number of benzene rings is 1. The molecule has 84 valence electrons. The maximum Gasteiger partial charge on any atom is 0.130 e. The monoisotopic (exact) mass is 216 g/mol. The Labute approximate surface area is 95.3 Å². The van der Waals surface area contributed by atoms with Gasteiger partial charge in [0.25, 0.3) is 0 Å². The van der Waals surface area contributed by atoms with Crippen molar-refractivity contribution in [3.8, 4) is 5.75 Å². The second kappa shape index (κ2) is 3.52. The van der Waals surface area contributed by atoms with Crippen molar-refractivity contribution in [2.45, 2.75) is 18.4 Å². The number of piperidine rings is 1. The maximum atomic E-state index is 6.13. The number of fused-ring (bicyclic) bond motifs is 1. The fourth-order valence-electron chi connectivity index (χ4n) is 2.40. The summed E-state index contributed by atoms with van der Waals surface area (Å²) in [7, 11) is 0. The van der Waals surface area contributed by atoms with Gasteiger partial charge in [-0.2, -0.15) is 0 Å². The van der Waals surface area contributed by atoms with E-state index in [1.807, 2.05) is 18.2 Å². The summed E-state index contributed by atoms with van der Waals surface area (Å²) in [6.07, 6.45) is 6.40. The number of nitrogens with one attached hydrogen (secondary N) is 1. The lowest BCUT2D eigenvalue weighted by Crippen LogP contribution is -2.45. The summed E-state index contributed by atoms with van der Waals surface area (Å²) >= 11 is 0. The molecule has 1 aromatic rings. The molecule has 3 heteroatoms. The fraction of sp³-hybridized carbons (Fsp3) is 0.385. The Morgan fingerprint density at radius 2 is 2.06 bits per heavy atom. The Morgan fingerprint density at radius 1 is 1.25 bits per heavy atom. The summed E-state index contributed by atoms with van der Waals surface area (Å²) in [4.78, 5) is 0. The predicted molar refractivity (Wildman–Crippen MR) is 65.4 cm³/mol. The van der Waals surface area contributed by atoms with Crippen LogP contribution in [0.25, 0.3) is 6.08 Å². The molecule has 0 atom stereocenters. The highest BCUT2D eigenvalue weighted by molar-refractivity contribution is 5.65. The van der Waals surface area contributed by atoms with Crippen molar-refractivity contribution in [3.63, 3.8) is 0 Å². The minimum atomic E-state index is -0.0889.